The molecule has 0 aliphatic heterocycles. The molecule has 0 spiro atoms. The van der Waals surface area contributed by atoms with E-state index >= 15 is 0 Å². The second kappa shape index (κ2) is 9.76. The minimum atomic E-state index is -0.860. The van der Waals surface area contributed by atoms with E-state index in [9.17, 15) is 14.7 Å². The second-order valence-electron chi connectivity index (χ2n) is 9.82. The Bertz CT molecular complexity index is 950. The van der Waals surface area contributed by atoms with E-state index < -0.39 is 11.4 Å². The topological polar surface area (TPSA) is 95.7 Å². The van der Waals surface area contributed by atoms with Crippen LogP contribution in [0.1, 0.15) is 64.0 Å². The zero-order valence-electron chi connectivity index (χ0n) is 19.8. The molecule has 7 heteroatoms. The summed E-state index contributed by atoms with van der Waals surface area (Å²) >= 11 is 0. The van der Waals surface area contributed by atoms with Crippen molar-refractivity contribution in [3.05, 3.63) is 41.3 Å². The highest BCUT2D eigenvalue weighted by Gasteiger charge is 2.46. The molecular weight excluding hydrogens is 406 g/mol. The first-order chi connectivity index (χ1) is 15.1. The molecule has 2 aromatic rings. The molecule has 1 saturated carbocycles. The van der Waals surface area contributed by atoms with E-state index in [1.54, 1.807) is 6.07 Å². The summed E-state index contributed by atoms with van der Waals surface area (Å²) in [6.07, 6.45) is 2.21. The molecule has 1 aliphatic carbocycles. The van der Waals surface area contributed by atoms with Crippen LogP contribution in [0, 0.1) is 18.8 Å². The number of aryl methyl sites for hydroxylation is 1. The summed E-state index contributed by atoms with van der Waals surface area (Å²) in [6.45, 7) is 12.2. The highest BCUT2D eigenvalue weighted by atomic mass is 16.5. The highest BCUT2D eigenvalue weighted by molar-refractivity contribution is 5.96. The molecule has 1 amide bonds. The van der Waals surface area contributed by atoms with Gasteiger partial charge < -0.3 is 19.8 Å². The minimum Gasteiger partial charge on any atom is -0.481 e. The molecule has 2 N–H and O–H groups in total. The van der Waals surface area contributed by atoms with Crippen molar-refractivity contribution in [2.24, 2.45) is 11.8 Å². The number of hydrogen-bond acceptors (Lipinski definition) is 5. The summed E-state index contributed by atoms with van der Waals surface area (Å²) < 4.78 is 5.19. The first-order valence-corrected chi connectivity index (χ1v) is 11.5. The summed E-state index contributed by atoms with van der Waals surface area (Å²) in [5.41, 5.74) is 2.18. The molecule has 1 fully saturated rings. The van der Waals surface area contributed by atoms with Crippen LogP contribution < -0.4 is 10.2 Å². The van der Waals surface area contributed by atoms with Gasteiger partial charge in [-0.3, -0.25) is 9.59 Å². The number of aromatic nitrogens is 1. The van der Waals surface area contributed by atoms with E-state index in [0.29, 0.717) is 36.1 Å². The van der Waals surface area contributed by atoms with Gasteiger partial charge in [-0.25, -0.2) is 0 Å². The van der Waals surface area contributed by atoms with Crippen LogP contribution in [0.2, 0.25) is 0 Å². The van der Waals surface area contributed by atoms with Crippen molar-refractivity contribution in [2.45, 2.75) is 65.7 Å². The Labute approximate surface area is 190 Å². The predicted octanol–water partition coefficient (Wildman–Crippen LogP) is 4.79. The monoisotopic (exact) mass is 441 g/mol. The smallest absolute Gasteiger partial charge is 0.314 e. The molecule has 0 unspecified atom stereocenters. The Morgan fingerprint density at radius 2 is 1.81 bits per heavy atom. The average molecular weight is 442 g/mol. The van der Waals surface area contributed by atoms with Crippen molar-refractivity contribution < 1.29 is 19.2 Å². The Balaban J connectivity index is 1.97. The lowest BCUT2D eigenvalue weighted by atomic mass is 9.64. The number of rotatable bonds is 10. The van der Waals surface area contributed by atoms with Crippen LogP contribution >= 0.6 is 0 Å². The van der Waals surface area contributed by atoms with Gasteiger partial charge in [0.25, 0.3) is 0 Å². The zero-order chi connectivity index (χ0) is 23.5. The lowest BCUT2D eigenvalue weighted by molar-refractivity contribution is -0.147. The first kappa shape index (κ1) is 23.8. The van der Waals surface area contributed by atoms with Gasteiger partial charge in [-0.1, -0.05) is 45.3 Å². The van der Waals surface area contributed by atoms with Gasteiger partial charge in [0.15, 0.2) is 0 Å². The zero-order valence-corrected chi connectivity index (χ0v) is 19.8. The molecule has 0 radical (unpaired) electrons. The van der Waals surface area contributed by atoms with E-state index in [4.69, 9.17) is 4.52 Å². The van der Waals surface area contributed by atoms with Gasteiger partial charge in [0.05, 0.1) is 28.9 Å². The summed E-state index contributed by atoms with van der Waals surface area (Å²) in [5.74, 6) is 0.357. The van der Waals surface area contributed by atoms with Gasteiger partial charge in [-0.15, -0.1) is 0 Å². The van der Waals surface area contributed by atoms with E-state index in [-0.39, 0.29) is 12.3 Å². The fraction of sp³-hybridized carbons (Fsp3) is 0.560. The lowest BCUT2D eigenvalue weighted by Gasteiger charge is -2.39. The summed E-state index contributed by atoms with van der Waals surface area (Å²) in [7, 11) is 0. The third-order valence-electron chi connectivity index (χ3n) is 5.96. The fourth-order valence-electron chi connectivity index (χ4n) is 4.37. The number of nitrogens with one attached hydrogen (secondary N) is 1. The van der Waals surface area contributed by atoms with Crippen molar-refractivity contribution in [1.82, 2.24) is 5.16 Å². The van der Waals surface area contributed by atoms with Gasteiger partial charge in [0, 0.05) is 19.2 Å². The molecule has 174 valence electrons. The summed E-state index contributed by atoms with van der Waals surface area (Å²) in [6, 6.07) is 7.50. The van der Waals surface area contributed by atoms with E-state index in [0.717, 1.165) is 36.5 Å². The Morgan fingerprint density at radius 1 is 1.16 bits per heavy atom. The van der Waals surface area contributed by atoms with Gasteiger partial charge in [0.1, 0.15) is 5.76 Å². The molecule has 1 heterocycles. The van der Waals surface area contributed by atoms with Crippen LogP contribution in [0.4, 0.5) is 11.4 Å². The molecule has 0 atom stereocenters. The molecule has 3 rings (SSSR count). The predicted molar refractivity (Wildman–Crippen MR) is 125 cm³/mol. The van der Waals surface area contributed by atoms with Crippen LogP contribution in [0.5, 0.6) is 0 Å². The van der Waals surface area contributed by atoms with Crippen LogP contribution in [0.3, 0.4) is 0 Å². The maximum atomic E-state index is 12.9. The van der Waals surface area contributed by atoms with E-state index in [2.05, 4.69) is 43.1 Å². The Hall–Kier alpha value is -2.83. The van der Waals surface area contributed by atoms with E-state index in [1.165, 1.54) is 0 Å². The first-order valence-electron chi connectivity index (χ1n) is 11.5. The van der Waals surface area contributed by atoms with Gasteiger partial charge >= 0.3 is 5.97 Å². The number of amides is 1. The SMILES string of the molecule is Cc1cc(CC(=O)Nc2cc(C3(C(=O)O)CCC3)ccc2N(CC(C)C)CC(C)C)on1. The van der Waals surface area contributed by atoms with Gasteiger partial charge in [-0.05, 0) is 49.3 Å². The maximum Gasteiger partial charge on any atom is 0.314 e. The molecule has 32 heavy (non-hydrogen) atoms. The van der Waals surface area contributed by atoms with Crippen molar-refractivity contribution in [1.29, 1.82) is 0 Å². The molecule has 1 aliphatic rings. The number of anilines is 2. The standard InChI is InChI=1S/C25H35N3O4/c1-16(2)14-28(15-17(3)4)22-8-7-19(25(24(30)31)9-6-10-25)12-21(22)26-23(29)13-20-11-18(5)27-32-20/h7-8,11-12,16-17H,6,9-10,13-15H2,1-5H3,(H,26,29)(H,30,31). The maximum absolute atomic E-state index is 12.9. The number of carboxylic acid groups (broad SMARTS) is 1. The van der Waals surface area contributed by atoms with Crippen LogP contribution in [0.25, 0.3) is 0 Å². The number of carboxylic acids is 1. The number of aliphatic carboxylic acids is 1. The summed E-state index contributed by atoms with van der Waals surface area (Å²) in [4.78, 5) is 27.2. The number of carbonyl (C=O) groups is 2. The largest absolute Gasteiger partial charge is 0.481 e. The summed E-state index contributed by atoms with van der Waals surface area (Å²) in [5, 5.41) is 16.8. The molecule has 0 bridgehead atoms. The quantitative estimate of drug-likeness (QED) is 0.550. The number of benzene rings is 1. The minimum absolute atomic E-state index is 0.0724. The van der Waals surface area contributed by atoms with Crippen LogP contribution in [-0.2, 0) is 21.4 Å². The van der Waals surface area contributed by atoms with Crippen molar-refractivity contribution in [2.75, 3.05) is 23.3 Å². The molecule has 7 nitrogen and oxygen atoms in total. The average Bonchev–Trinajstić information content (AvgIpc) is 3.04. The number of hydrogen-bond donors (Lipinski definition) is 2. The Morgan fingerprint density at radius 3 is 2.28 bits per heavy atom. The third kappa shape index (κ3) is 5.31. The van der Waals surface area contributed by atoms with Crippen LogP contribution in [-0.4, -0.2) is 35.2 Å². The molecule has 1 aromatic heterocycles. The molecule has 1 aromatic carbocycles. The van der Waals surface area contributed by atoms with Crippen molar-refractivity contribution in [3.63, 3.8) is 0 Å². The molecular formula is C25H35N3O4. The van der Waals surface area contributed by atoms with Crippen LogP contribution in [0.15, 0.2) is 28.8 Å². The fourth-order valence-corrected chi connectivity index (χ4v) is 4.37. The Kier molecular flexibility index (Phi) is 7.26. The number of nitrogens with zero attached hydrogens (tertiary/aromatic N) is 2. The normalized spacial score (nSPS) is 15.0. The van der Waals surface area contributed by atoms with E-state index in [1.807, 2.05) is 25.1 Å². The van der Waals surface area contributed by atoms with Crippen molar-refractivity contribution in [3.8, 4) is 0 Å². The van der Waals surface area contributed by atoms with Gasteiger partial charge in [0.2, 0.25) is 5.91 Å². The van der Waals surface area contributed by atoms with Crippen molar-refractivity contribution >= 4 is 23.3 Å². The third-order valence-corrected chi connectivity index (χ3v) is 5.96. The second-order valence-corrected chi connectivity index (χ2v) is 9.82. The lowest BCUT2D eigenvalue weighted by Crippen LogP contribution is -2.42. The van der Waals surface area contributed by atoms with Gasteiger partial charge in [-0.2, -0.15) is 0 Å². The number of carbonyl (C=O) groups excluding carboxylic acids is 1. The molecule has 0 saturated heterocycles. The highest BCUT2D eigenvalue weighted by Crippen LogP contribution is 2.46.